The van der Waals surface area contributed by atoms with Crippen molar-refractivity contribution in [1.82, 2.24) is 5.32 Å². The van der Waals surface area contributed by atoms with Gasteiger partial charge in [-0.05, 0) is 39.2 Å². The zero-order valence-electron chi connectivity index (χ0n) is 10.0. The van der Waals surface area contributed by atoms with Gasteiger partial charge in [0.05, 0.1) is 6.04 Å². The Morgan fingerprint density at radius 2 is 2.00 bits per heavy atom. The lowest BCUT2D eigenvalue weighted by atomic mass is 9.85. The molecule has 0 saturated carbocycles. The Morgan fingerprint density at radius 1 is 1.43 bits per heavy atom. The van der Waals surface area contributed by atoms with Crippen molar-refractivity contribution in [3.8, 4) is 0 Å². The fourth-order valence-electron chi connectivity index (χ4n) is 1.73. The highest BCUT2D eigenvalue weighted by molar-refractivity contribution is 5.81. The number of nitrogens with one attached hydrogen (secondary N) is 1. The number of rotatable bonds is 6. The first kappa shape index (κ1) is 13.4. The van der Waals surface area contributed by atoms with Gasteiger partial charge in [0.15, 0.2) is 0 Å². The zero-order chi connectivity index (χ0) is 11.1. The quantitative estimate of drug-likeness (QED) is 0.662. The Kier molecular flexibility index (Phi) is 6.46. The molecule has 0 aliphatic heterocycles. The van der Waals surface area contributed by atoms with Crippen molar-refractivity contribution in [3.05, 3.63) is 12.2 Å². The van der Waals surface area contributed by atoms with E-state index in [0.29, 0.717) is 11.8 Å². The number of carbonyl (C=O) groups is 1. The van der Waals surface area contributed by atoms with Crippen LogP contribution in [0.15, 0.2) is 12.2 Å². The van der Waals surface area contributed by atoms with Crippen molar-refractivity contribution < 1.29 is 4.79 Å². The number of carbonyl (C=O) groups excluding carboxylic acids is 1. The topological polar surface area (TPSA) is 29.1 Å². The monoisotopic (exact) mass is 197 g/mol. The summed E-state index contributed by atoms with van der Waals surface area (Å²) < 4.78 is 0. The second-order valence-corrected chi connectivity index (χ2v) is 4.02. The lowest BCUT2D eigenvalue weighted by Gasteiger charge is -2.26. The fraction of sp³-hybridized carbons (Fsp3) is 0.750. The van der Waals surface area contributed by atoms with E-state index in [0.717, 1.165) is 6.42 Å². The minimum Gasteiger partial charge on any atom is -0.310 e. The smallest absolute Gasteiger partial charge is 0.146 e. The van der Waals surface area contributed by atoms with Gasteiger partial charge in [-0.1, -0.05) is 26.0 Å². The number of hydrogen-bond acceptors (Lipinski definition) is 2. The highest BCUT2D eigenvalue weighted by atomic mass is 16.1. The fourth-order valence-corrected chi connectivity index (χ4v) is 1.73. The Labute approximate surface area is 87.8 Å². The number of allylic oxidation sites excluding steroid dienone is 2. The second-order valence-electron chi connectivity index (χ2n) is 4.02. The van der Waals surface area contributed by atoms with Crippen LogP contribution in [-0.4, -0.2) is 18.9 Å². The standard InChI is InChI=1S/C12H23NO/c1-6-7-8-9(2)10(3)12(13-5)11(4)14/h6-7,9-10,12-13H,8H2,1-5H3/b7-6+/t9-,10-,12+/m1/s1. The first-order valence-corrected chi connectivity index (χ1v) is 5.33. The van der Waals surface area contributed by atoms with Crippen LogP contribution in [-0.2, 0) is 4.79 Å². The summed E-state index contributed by atoms with van der Waals surface area (Å²) >= 11 is 0. The zero-order valence-corrected chi connectivity index (χ0v) is 10.0. The van der Waals surface area contributed by atoms with E-state index in [2.05, 4.69) is 31.3 Å². The van der Waals surface area contributed by atoms with E-state index in [1.807, 2.05) is 14.0 Å². The van der Waals surface area contributed by atoms with Crippen LogP contribution in [0.4, 0.5) is 0 Å². The summed E-state index contributed by atoms with van der Waals surface area (Å²) in [5, 5.41) is 3.08. The minimum atomic E-state index is -0.00439. The molecule has 0 spiro atoms. The lowest BCUT2D eigenvalue weighted by molar-refractivity contribution is -0.120. The maximum Gasteiger partial charge on any atom is 0.146 e. The van der Waals surface area contributed by atoms with E-state index in [1.54, 1.807) is 6.92 Å². The molecule has 2 nitrogen and oxygen atoms in total. The molecule has 14 heavy (non-hydrogen) atoms. The minimum absolute atomic E-state index is 0.00439. The summed E-state index contributed by atoms with van der Waals surface area (Å²) in [6.07, 6.45) is 5.27. The lowest BCUT2D eigenvalue weighted by Crippen LogP contribution is -2.40. The first-order chi connectivity index (χ1) is 6.54. The molecule has 0 amide bonds. The molecule has 0 radical (unpaired) electrons. The average molecular weight is 197 g/mol. The van der Waals surface area contributed by atoms with Crippen molar-refractivity contribution in [1.29, 1.82) is 0 Å². The van der Waals surface area contributed by atoms with Crippen LogP contribution < -0.4 is 5.32 Å². The van der Waals surface area contributed by atoms with Gasteiger partial charge in [0.2, 0.25) is 0 Å². The third-order valence-corrected chi connectivity index (χ3v) is 2.92. The molecule has 0 unspecified atom stereocenters. The van der Waals surface area contributed by atoms with E-state index in [1.165, 1.54) is 0 Å². The highest BCUT2D eigenvalue weighted by Crippen LogP contribution is 2.19. The van der Waals surface area contributed by atoms with E-state index in [-0.39, 0.29) is 11.8 Å². The van der Waals surface area contributed by atoms with Crippen LogP contribution in [0.3, 0.4) is 0 Å². The van der Waals surface area contributed by atoms with Crippen molar-refractivity contribution in [2.75, 3.05) is 7.05 Å². The Bertz CT molecular complexity index is 198. The van der Waals surface area contributed by atoms with Crippen LogP contribution in [0.25, 0.3) is 0 Å². The molecule has 0 fully saturated rings. The van der Waals surface area contributed by atoms with E-state index >= 15 is 0 Å². The van der Waals surface area contributed by atoms with Gasteiger partial charge < -0.3 is 5.32 Å². The average Bonchev–Trinajstić information content (AvgIpc) is 2.14. The van der Waals surface area contributed by atoms with E-state index < -0.39 is 0 Å². The summed E-state index contributed by atoms with van der Waals surface area (Å²) in [5.74, 6) is 1.15. The molecule has 82 valence electrons. The number of likely N-dealkylation sites (N-methyl/N-ethyl adjacent to an activating group) is 1. The molecule has 0 aliphatic carbocycles. The largest absolute Gasteiger partial charge is 0.310 e. The second kappa shape index (κ2) is 6.77. The highest BCUT2D eigenvalue weighted by Gasteiger charge is 2.23. The van der Waals surface area contributed by atoms with E-state index in [9.17, 15) is 4.79 Å². The van der Waals surface area contributed by atoms with Gasteiger partial charge in [-0.3, -0.25) is 4.79 Å². The molecular formula is C12H23NO. The molecule has 3 atom stereocenters. The molecule has 0 rings (SSSR count). The SMILES string of the molecule is C/C=C/C[C@@H](C)[C@@H](C)[C@H](NC)C(C)=O. The predicted molar refractivity (Wildman–Crippen MR) is 61.3 cm³/mol. The van der Waals surface area contributed by atoms with Gasteiger partial charge in [0.25, 0.3) is 0 Å². The van der Waals surface area contributed by atoms with Gasteiger partial charge in [0.1, 0.15) is 5.78 Å². The number of Topliss-reactive ketones (excluding diaryl/α,β-unsaturated/α-hetero) is 1. The third-order valence-electron chi connectivity index (χ3n) is 2.92. The summed E-state index contributed by atoms with van der Waals surface area (Å²) in [6, 6.07) is -0.00439. The van der Waals surface area contributed by atoms with Crippen LogP contribution in [0.5, 0.6) is 0 Å². The molecule has 0 heterocycles. The molecule has 0 aromatic heterocycles. The number of ketones is 1. The Balaban J connectivity index is 4.26. The molecule has 0 aromatic rings. The molecule has 0 bridgehead atoms. The van der Waals surface area contributed by atoms with E-state index in [4.69, 9.17) is 0 Å². The molecule has 1 N–H and O–H groups in total. The van der Waals surface area contributed by atoms with Crippen molar-refractivity contribution >= 4 is 5.78 Å². The molecule has 0 aromatic carbocycles. The van der Waals surface area contributed by atoms with Crippen LogP contribution >= 0.6 is 0 Å². The van der Waals surface area contributed by atoms with Gasteiger partial charge in [0, 0.05) is 0 Å². The van der Waals surface area contributed by atoms with Crippen LogP contribution in [0.1, 0.15) is 34.1 Å². The maximum absolute atomic E-state index is 11.3. The molecule has 2 heteroatoms. The van der Waals surface area contributed by atoms with Crippen molar-refractivity contribution in [3.63, 3.8) is 0 Å². The molecular weight excluding hydrogens is 174 g/mol. The van der Waals surface area contributed by atoms with Gasteiger partial charge in [-0.2, -0.15) is 0 Å². The molecule has 0 saturated heterocycles. The predicted octanol–water partition coefficient (Wildman–Crippen LogP) is 2.40. The Morgan fingerprint density at radius 3 is 2.36 bits per heavy atom. The Hall–Kier alpha value is -0.630. The molecule has 0 aliphatic rings. The summed E-state index contributed by atoms with van der Waals surface area (Å²) in [6.45, 7) is 8.01. The third kappa shape index (κ3) is 4.05. The summed E-state index contributed by atoms with van der Waals surface area (Å²) in [4.78, 5) is 11.3. The maximum atomic E-state index is 11.3. The normalized spacial score (nSPS) is 18.1. The van der Waals surface area contributed by atoms with Crippen molar-refractivity contribution in [2.45, 2.75) is 40.2 Å². The number of hydrogen-bond donors (Lipinski definition) is 1. The summed E-state index contributed by atoms with van der Waals surface area (Å²) in [5.41, 5.74) is 0. The van der Waals surface area contributed by atoms with Gasteiger partial charge in [-0.25, -0.2) is 0 Å². The first-order valence-electron chi connectivity index (χ1n) is 5.33. The van der Waals surface area contributed by atoms with Crippen molar-refractivity contribution in [2.24, 2.45) is 11.8 Å². The van der Waals surface area contributed by atoms with Gasteiger partial charge >= 0.3 is 0 Å². The van der Waals surface area contributed by atoms with Gasteiger partial charge in [-0.15, -0.1) is 0 Å². The van der Waals surface area contributed by atoms with Crippen LogP contribution in [0, 0.1) is 11.8 Å². The van der Waals surface area contributed by atoms with Crippen LogP contribution in [0.2, 0.25) is 0 Å². The summed E-state index contributed by atoms with van der Waals surface area (Å²) in [7, 11) is 1.85.